The van der Waals surface area contributed by atoms with Gasteiger partial charge in [-0.3, -0.25) is 0 Å². The Balaban J connectivity index is -0.00000000614. The summed E-state index contributed by atoms with van der Waals surface area (Å²) in [5, 5.41) is 15.4. The second kappa shape index (κ2) is 18.1. The zero-order valence-electron chi connectivity index (χ0n) is 15.3. The van der Waals surface area contributed by atoms with Crippen molar-refractivity contribution in [3.63, 3.8) is 0 Å². The Labute approximate surface area is 197 Å². The van der Waals surface area contributed by atoms with Gasteiger partial charge >= 0.3 is 156 Å². The number of hydrogen-bond donors (Lipinski definition) is 2. The third-order valence-electron chi connectivity index (χ3n) is 0.341. The topological polar surface area (TPSA) is 110 Å². The Morgan fingerprint density at radius 1 is 0.857 bits per heavy atom. The van der Waals surface area contributed by atoms with Gasteiger partial charge in [-0.2, -0.15) is 0 Å². The maximum absolute atomic E-state index is 9.86. The number of carboxylic acid groups (broad SMARTS) is 2. The standard InChI is InChI=1S/C3H2O7.2Mg.2Sr.8H/c4-1(5)9-3(8)10-2(6)7;;;;;;;;;;;;/h(H,4,5)(H,6,7);;;;;;;;;;;;/q;4*+2;8*-1. The predicted octanol–water partition coefficient (Wildman–Crippen LogP) is -0.128. The summed E-state index contributed by atoms with van der Waals surface area (Å²) in [6, 6.07) is 0. The molecule has 0 radical (unpaired) electrons. The van der Waals surface area contributed by atoms with Gasteiger partial charge < -0.3 is 31.1 Å². The van der Waals surface area contributed by atoms with E-state index in [2.05, 4.69) is 9.47 Å². The van der Waals surface area contributed by atoms with Gasteiger partial charge in [0, 0.05) is 0 Å². The molecule has 0 bridgehead atoms. The summed E-state index contributed by atoms with van der Waals surface area (Å²) in [7, 11) is 0. The fourth-order valence-corrected chi connectivity index (χ4v) is 0.163. The molecule has 0 rings (SSSR count). The van der Waals surface area contributed by atoms with Crippen molar-refractivity contribution in [2.24, 2.45) is 0 Å². The van der Waals surface area contributed by atoms with E-state index in [0.29, 0.717) is 0 Å². The fourth-order valence-electron chi connectivity index (χ4n) is 0.163. The summed E-state index contributed by atoms with van der Waals surface area (Å²) >= 11 is 0. The van der Waals surface area contributed by atoms with Crippen molar-refractivity contribution in [2.75, 3.05) is 0 Å². The third kappa shape index (κ3) is 24.1. The van der Waals surface area contributed by atoms with Gasteiger partial charge in [0.2, 0.25) is 0 Å². The number of rotatable bonds is 0. The van der Waals surface area contributed by atoms with Crippen LogP contribution in [0, 0.1) is 0 Å². The molecular formula is C3H10Mg2O7Sr2. The number of hydrogen-bond acceptors (Lipinski definition) is 5. The van der Waals surface area contributed by atoms with Crippen LogP contribution < -0.4 is 0 Å². The van der Waals surface area contributed by atoms with Crippen LogP contribution in [0.4, 0.5) is 14.4 Å². The van der Waals surface area contributed by atoms with Crippen molar-refractivity contribution in [3.8, 4) is 0 Å². The van der Waals surface area contributed by atoms with E-state index in [1.807, 2.05) is 0 Å². The van der Waals surface area contributed by atoms with Crippen LogP contribution in [-0.2, 0) is 9.47 Å². The Morgan fingerprint density at radius 3 is 1.21 bits per heavy atom. The van der Waals surface area contributed by atoms with E-state index in [-0.39, 0.29) is 148 Å². The Morgan fingerprint density at radius 2 is 1.07 bits per heavy atom. The summed E-state index contributed by atoms with van der Waals surface area (Å²) < 4.78 is 6.47. The zero-order chi connectivity index (χ0) is 8.15. The van der Waals surface area contributed by atoms with Crippen LogP contribution in [-0.4, -0.2) is 166 Å². The molecule has 0 aliphatic rings. The Bertz CT molecular complexity index is 189. The minimum absolute atomic E-state index is 0. The van der Waals surface area contributed by atoms with Crippen LogP contribution in [0.5, 0.6) is 0 Å². The first kappa shape index (κ1) is 30.1. The van der Waals surface area contributed by atoms with Gasteiger partial charge in [0.05, 0.1) is 0 Å². The molecule has 0 fully saturated rings. The summed E-state index contributed by atoms with van der Waals surface area (Å²) in [6.07, 6.45) is -5.64. The largest absolute Gasteiger partial charge is 2.00 e. The van der Waals surface area contributed by atoms with Crippen LogP contribution in [0.2, 0.25) is 0 Å². The molecule has 0 unspecified atom stereocenters. The smallest absolute Gasteiger partial charge is 1.00 e. The average molecular weight is 382 g/mol. The Kier molecular flexibility index (Phi) is 38.8. The van der Waals surface area contributed by atoms with Crippen molar-refractivity contribution in [2.45, 2.75) is 0 Å². The molecule has 14 heavy (non-hydrogen) atoms. The third-order valence-corrected chi connectivity index (χ3v) is 0.341. The average Bonchev–Trinajstić information content (AvgIpc) is 1.58. The van der Waals surface area contributed by atoms with Gasteiger partial charge in [0.25, 0.3) is 0 Å². The number of carbonyl (C=O) groups excluding carboxylic acids is 1. The number of carbonyl (C=O) groups is 3. The molecule has 0 aromatic rings. The molecule has 0 spiro atoms. The number of ether oxygens (including phenoxy) is 2. The molecule has 0 aliphatic heterocycles. The van der Waals surface area contributed by atoms with Gasteiger partial charge in [-0.1, -0.05) is 0 Å². The van der Waals surface area contributed by atoms with E-state index < -0.39 is 18.5 Å². The fraction of sp³-hybridized carbons (Fsp3) is 0. The van der Waals surface area contributed by atoms with Crippen molar-refractivity contribution in [1.82, 2.24) is 0 Å². The molecule has 0 aromatic carbocycles. The molecule has 11 heteroatoms. The van der Waals surface area contributed by atoms with Gasteiger partial charge in [-0.05, 0) is 0 Å². The first-order valence-electron chi connectivity index (χ1n) is 1.88. The molecule has 0 heterocycles. The molecule has 7 nitrogen and oxygen atoms in total. The molecule has 72 valence electrons. The van der Waals surface area contributed by atoms with Crippen LogP contribution >= 0.6 is 0 Å². The molecule has 0 saturated carbocycles. The summed E-state index contributed by atoms with van der Waals surface area (Å²) in [5.74, 6) is 0. The van der Waals surface area contributed by atoms with Crippen LogP contribution in [0.15, 0.2) is 0 Å². The van der Waals surface area contributed by atoms with E-state index >= 15 is 0 Å². The van der Waals surface area contributed by atoms with Crippen molar-refractivity contribution in [1.29, 1.82) is 0 Å². The maximum Gasteiger partial charge on any atom is 2.00 e. The van der Waals surface area contributed by atoms with E-state index in [1.165, 1.54) is 0 Å². The molecule has 0 aliphatic carbocycles. The molecule has 0 atom stereocenters. The second-order valence-electron chi connectivity index (χ2n) is 0.986. The first-order valence-corrected chi connectivity index (χ1v) is 1.88. The second-order valence-corrected chi connectivity index (χ2v) is 0.986. The molecule has 0 aromatic heterocycles. The molecular weight excluding hydrogens is 372 g/mol. The Hall–Kier alpha value is 2.70. The zero-order valence-corrected chi connectivity index (χ0v) is 17.0. The van der Waals surface area contributed by atoms with Crippen LogP contribution in [0.25, 0.3) is 0 Å². The maximum atomic E-state index is 9.86. The van der Waals surface area contributed by atoms with E-state index in [1.54, 1.807) is 0 Å². The van der Waals surface area contributed by atoms with E-state index in [0.717, 1.165) is 0 Å². The minimum atomic E-state index is -1.92. The quantitative estimate of drug-likeness (QED) is 0.341. The van der Waals surface area contributed by atoms with Crippen molar-refractivity contribution >= 4 is 156 Å². The summed E-state index contributed by atoms with van der Waals surface area (Å²) in [5.41, 5.74) is 0. The molecule has 0 saturated heterocycles. The van der Waals surface area contributed by atoms with Gasteiger partial charge in [-0.25, -0.2) is 14.4 Å². The van der Waals surface area contributed by atoms with Gasteiger partial charge in [-0.15, -0.1) is 0 Å². The normalized spacial score (nSPS) is 5.71. The van der Waals surface area contributed by atoms with Crippen molar-refractivity contribution < 1.29 is 45.5 Å². The van der Waals surface area contributed by atoms with Crippen molar-refractivity contribution in [3.05, 3.63) is 0 Å². The van der Waals surface area contributed by atoms with Gasteiger partial charge in [0.15, 0.2) is 0 Å². The van der Waals surface area contributed by atoms with Gasteiger partial charge in [0.1, 0.15) is 0 Å². The SMILES string of the molecule is O=C(O)OC(=O)OC(=O)O.[H-].[H-].[H-].[H-].[H-].[H-].[H-].[H-].[Mg+2].[Mg+2].[Sr+2].[Sr+2]. The summed E-state index contributed by atoms with van der Waals surface area (Å²) in [4.78, 5) is 28.8. The summed E-state index contributed by atoms with van der Waals surface area (Å²) in [6.45, 7) is 0. The van der Waals surface area contributed by atoms with E-state index in [4.69, 9.17) is 10.2 Å². The molecule has 2 N–H and O–H groups in total. The predicted molar refractivity (Wildman–Crippen MR) is 55.5 cm³/mol. The van der Waals surface area contributed by atoms with Crippen LogP contribution in [0.1, 0.15) is 11.4 Å². The molecule has 0 amide bonds. The first-order chi connectivity index (χ1) is 4.52. The van der Waals surface area contributed by atoms with Crippen LogP contribution in [0.3, 0.4) is 0 Å². The minimum Gasteiger partial charge on any atom is -1.00 e. The monoisotopic (exact) mass is 382 g/mol. The van der Waals surface area contributed by atoms with E-state index in [9.17, 15) is 14.4 Å².